The van der Waals surface area contributed by atoms with E-state index < -0.39 is 0 Å². The van der Waals surface area contributed by atoms with E-state index in [-0.39, 0.29) is 17.9 Å². The highest BCUT2D eigenvalue weighted by molar-refractivity contribution is 7.23. The predicted octanol–water partition coefficient (Wildman–Crippen LogP) is 3.37. The summed E-state index contributed by atoms with van der Waals surface area (Å²) in [5.74, 6) is 0.435. The molecule has 2 aromatic heterocycles. The van der Waals surface area contributed by atoms with Crippen molar-refractivity contribution in [2.24, 2.45) is 5.92 Å². The molecule has 29 heavy (non-hydrogen) atoms. The maximum Gasteiger partial charge on any atom is 0.270 e. The van der Waals surface area contributed by atoms with Gasteiger partial charge in [-0.1, -0.05) is 18.2 Å². The first-order valence-corrected chi connectivity index (χ1v) is 10.7. The summed E-state index contributed by atoms with van der Waals surface area (Å²) >= 11 is 1.45. The van der Waals surface area contributed by atoms with E-state index in [2.05, 4.69) is 20.5 Å². The number of anilines is 1. The van der Waals surface area contributed by atoms with E-state index in [4.69, 9.17) is 0 Å². The Labute approximate surface area is 172 Å². The van der Waals surface area contributed by atoms with Gasteiger partial charge in [0.25, 0.3) is 11.8 Å². The fourth-order valence-electron chi connectivity index (χ4n) is 4.32. The van der Waals surface area contributed by atoms with Crippen molar-refractivity contribution in [3.8, 4) is 0 Å². The highest BCUT2D eigenvalue weighted by Gasteiger charge is 2.33. The van der Waals surface area contributed by atoms with Gasteiger partial charge in [-0.3, -0.25) is 14.6 Å². The van der Waals surface area contributed by atoms with Crippen LogP contribution in [0.2, 0.25) is 0 Å². The maximum atomic E-state index is 12.7. The number of hydrogen-bond donors (Lipinski definition) is 2. The second kappa shape index (κ2) is 7.57. The number of nitrogens with zero attached hydrogens (tertiary/aromatic N) is 2. The Morgan fingerprint density at radius 1 is 1.10 bits per heavy atom. The number of pyridine rings is 1. The smallest absolute Gasteiger partial charge is 0.270 e. The molecule has 148 valence electrons. The van der Waals surface area contributed by atoms with E-state index in [1.165, 1.54) is 24.3 Å². The molecule has 2 saturated heterocycles. The first-order chi connectivity index (χ1) is 14.1. The van der Waals surface area contributed by atoms with Gasteiger partial charge in [0.2, 0.25) is 0 Å². The highest BCUT2D eigenvalue weighted by Crippen LogP contribution is 2.30. The van der Waals surface area contributed by atoms with Crippen molar-refractivity contribution in [3.63, 3.8) is 0 Å². The summed E-state index contributed by atoms with van der Waals surface area (Å²) in [7, 11) is 0. The number of fused-ring (bicyclic) bond motifs is 3. The minimum absolute atomic E-state index is 0.123. The standard InChI is InChI=1S/C22H22N4O2S/c27-21(15-4-2-1-3-5-15)25-20-9-16-11-23-18(10-19(16)29-20)22(28)24-17-8-14-6-7-26(12-14)13-17/h1-5,9-11,14,17H,6-8,12-13H2,(H,24,28)(H,25,27)/t14-,17-/m1/s1. The third-order valence-corrected chi connectivity index (χ3v) is 6.72. The van der Waals surface area contributed by atoms with Crippen LogP contribution in [0.25, 0.3) is 10.1 Å². The lowest BCUT2D eigenvalue weighted by Crippen LogP contribution is -2.47. The molecule has 2 N–H and O–H groups in total. The Kier molecular flexibility index (Phi) is 4.77. The van der Waals surface area contributed by atoms with E-state index in [0.29, 0.717) is 17.2 Å². The van der Waals surface area contributed by atoms with Crippen molar-refractivity contribution < 1.29 is 9.59 Å². The van der Waals surface area contributed by atoms with Crippen LogP contribution >= 0.6 is 11.3 Å². The lowest BCUT2D eigenvalue weighted by Gasteiger charge is -2.30. The molecule has 2 aliphatic rings. The first-order valence-electron chi connectivity index (χ1n) is 9.93. The van der Waals surface area contributed by atoms with E-state index in [0.717, 1.165) is 34.6 Å². The van der Waals surface area contributed by atoms with Crippen LogP contribution in [-0.4, -0.2) is 47.4 Å². The second-order valence-corrected chi connectivity index (χ2v) is 8.94. The van der Waals surface area contributed by atoms with Gasteiger partial charge in [-0.2, -0.15) is 0 Å². The van der Waals surface area contributed by atoms with E-state index in [1.54, 1.807) is 18.3 Å². The quantitative estimate of drug-likeness (QED) is 0.697. The molecule has 2 bridgehead atoms. The number of amides is 2. The summed E-state index contributed by atoms with van der Waals surface area (Å²) in [6, 6.07) is 13.0. The molecule has 1 unspecified atom stereocenters. The third-order valence-electron chi connectivity index (χ3n) is 5.71. The van der Waals surface area contributed by atoms with Crippen molar-refractivity contribution in [1.29, 1.82) is 0 Å². The van der Waals surface area contributed by atoms with Crippen LogP contribution in [0.4, 0.5) is 5.00 Å². The van der Waals surface area contributed by atoms with Crippen LogP contribution < -0.4 is 10.6 Å². The number of rotatable bonds is 4. The van der Waals surface area contributed by atoms with Crippen LogP contribution in [0.3, 0.4) is 0 Å². The van der Waals surface area contributed by atoms with Crippen LogP contribution in [0.5, 0.6) is 0 Å². The van der Waals surface area contributed by atoms with Gasteiger partial charge in [0.05, 0.1) is 5.00 Å². The molecule has 2 fully saturated rings. The van der Waals surface area contributed by atoms with Gasteiger partial charge in [-0.05, 0) is 49.6 Å². The fourth-order valence-corrected chi connectivity index (χ4v) is 5.28. The number of benzene rings is 1. The molecule has 0 radical (unpaired) electrons. The summed E-state index contributed by atoms with van der Waals surface area (Å²) in [5.41, 5.74) is 1.04. The maximum absolute atomic E-state index is 12.7. The lowest BCUT2D eigenvalue weighted by atomic mass is 9.97. The molecule has 3 atom stereocenters. The zero-order chi connectivity index (χ0) is 19.8. The third kappa shape index (κ3) is 3.88. The molecule has 2 aliphatic heterocycles. The summed E-state index contributed by atoms with van der Waals surface area (Å²) in [5, 5.41) is 7.73. The molecule has 0 spiro atoms. The number of piperidine rings is 1. The fraction of sp³-hybridized carbons (Fsp3) is 0.318. The second-order valence-electron chi connectivity index (χ2n) is 7.86. The molecule has 0 saturated carbocycles. The Hall–Kier alpha value is -2.77. The molecule has 3 aromatic rings. The molecule has 0 aliphatic carbocycles. The van der Waals surface area contributed by atoms with Gasteiger partial charge in [-0.25, -0.2) is 0 Å². The number of nitrogens with one attached hydrogen (secondary N) is 2. The van der Waals surface area contributed by atoms with Crippen molar-refractivity contribution in [1.82, 2.24) is 15.2 Å². The Morgan fingerprint density at radius 2 is 1.97 bits per heavy atom. The van der Waals surface area contributed by atoms with Crippen LogP contribution in [-0.2, 0) is 0 Å². The number of thiophene rings is 1. The van der Waals surface area contributed by atoms with Crippen molar-refractivity contribution >= 4 is 38.2 Å². The van der Waals surface area contributed by atoms with Gasteiger partial charge in [0, 0.05) is 41.0 Å². The van der Waals surface area contributed by atoms with E-state index >= 15 is 0 Å². The Morgan fingerprint density at radius 3 is 2.79 bits per heavy atom. The Balaban J connectivity index is 1.29. The minimum Gasteiger partial charge on any atom is -0.347 e. The van der Waals surface area contributed by atoms with E-state index in [9.17, 15) is 9.59 Å². The number of carbonyl (C=O) groups excluding carboxylic acids is 2. The highest BCUT2D eigenvalue weighted by atomic mass is 32.1. The molecule has 5 rings (SSSR count). The summed E-state index contributed by atoms with van der Waals surface area (Å²) in [6.45, 7) is 3.25. The van der Waals surface area contributed by atoms with Crippen LogP contribution in [0, 0.1) is 5.92 Å². The number of carbonyl (C=O) groups is 2. The molecule has 6 nitrogen and oxygen atoms in total. The first kappa shape index (κ1) is 18.3. The van der Waals surface area contributed by atoms with E-state index in [1.807, 2.05) is 30.3 Å². The molecular formula is C22H22N4O2S. The van der Waals surface area contributed by atoms with Gasteiger partial charge < -0.3 is 15.5 Å². The topological polar surface area (TPSA) is 74.3 Å². The average molecular weight is 407 g/mol. The predicted molar refractivity (Wildman–Crippen MR) is 114 cm³/mol. The molecule has 1 aromatic carbocycles. The normalized spacial score (nSPS) is 23.1. The largest absolute Gasteiger partial charge is 0.347 e. The lowest BCUT2D eigenvalue weighted by molar-refractivity contribution is 0.0904. The molecule has 2 amide bonds. The van der Waals surface area contributed by atoms with Crippen molar-refractivity contribution in [2.75, 3.05) is 25.0 Å². The molecule has 4 heterocycles. The molecule has 7 heteroatoms. The van der Waals surface area contributed by atoms with Gasteiger partial charge in [0.15, 0.2) is 0 Å². The number of aromatic nitrogens is 1. The summed E-state index contributed by atoms with van der Waals surface area (Å²) < 4.78 is 0.931. The zero-order valence-electron chi connectivity index (χ0n) is 15.9. The average Bonchev–Trinajstić information content (AvgIpc) is 3.29. The monoisotopic (exact) mass is 406 g/mol. The number of hydrogen-bond acceptors (Lipinski definition) is 5. The Bertz CT molecular complexity index is 1050. The van der Waals surface area contributed by atoms with Crippen LogP contribution in [0.15, 0.2) is 48.7 Å². The summed E-state index contributed by atoms with van der Waals surface area (Å²) in [4.78, 5) is 31.8. The van der Waals surface area contributed by atoms with Crippen LogP contribution in [0.1, 0.15) is 33.7 Å². The SMILES string of the molecule is O=C(Nc1cc2cnc(C(=O)N[C@@H]3C[C@H]4CCN(C4)C3)cc2s1)c1ccccc1. The van der Waals surface area contributed by atoms with Gasteiger partial charge in [-0.15, -0.1) is 11.3 Å². The zero-order valence-corrected chi connectivity index (χ0v) is 16.7. The van der Waals surface area contributed by atoms with Crippen molar-refractivity contribution in [3.05, 3.63) is 59.9 Å². The van der Waals surface area contributed by atoms with Crippen molar-refractivity contribution in [2.45, 2.75) is 18.9 Å². The minimum atomic E-state index is -0.148. The van der Waals surface area contributed by atoms with Gasteiger partial charge >= 0.3 is 0 Å². The molecular weight excluding hydrogens is 384 g/mol. The van der Waals surface area contributed by atoms with Gasteiger partial charge in [0.1, 0.15) is 5.69 Å². The summed E-state index contributed by atoms with van der Waals surface area (Å²) in [6.07, 6.45) is 4.00.